The van der Waals surface area contributed by atoms with Crippen LogP contribution in [0, 0.1) is 5.92 Å². The van der Waals surface area contributed by atoms with Crippen molar-refractivity contribution in [2.24, 2.45) is 10.9 Å². The molecule has 8 nitrogen and oxygen atoms in total. The highest BCUT2D eigenvalue weighted by molar-refractivity contribution is 5.80. The lowest BCUT2D eigenvalue weighted by molar-refractivity contribution is 0.0205. The number of benzene rings is 1. The van der Waals surface area contributed by atoms with Gasteiger partial charge in [0.15, 0.2) is 5.96 Å². The minimum absolute atomic E-state index is 0.342. The topological polar surface area (TPSA) is 76.6 Å². The number of anilines is 1. The third-order valence-corrected chi connectivity index (χ3v) is 5.99. The minimum Gasteiger partial charge on any atom is -0.497 e. The van der Waals surface area contributed by atoms with Crippen LogP contribution in [0.2, 0.25) is 0 Å². The lowest BCUT2D eigenvalue weighted by Crippen LogP contribution is -2.44. The van der Waals surface area contributed by atoms with E-state index in [1.54, 1.807) is 14.2 Å². The van der Waals surface area contributed by atoms with E-state index in [0.29, 0.717) is 12.0 Å². The summed E-state index contributed by atoms with van der Waals surface area (Å²) in [6.45, 7) is 8.94. The monoisotopic (exact) mass is 448 g/mol. The highest BCUT2D eigenvalue weighted by Crippen LogP contribution is 2.30. The van der Waals surface area contributed by atoms with E-state index in [-0.39, 0.29) is 0 Å². The second kappa shape index (κ2) is 13.4. The van der Waals surface area contributed by atoms with Gasteiger partial charge in [-0.1, -0.05) is 0 Å². The molecule has 2 fully saturated rings. The molecule has 0 radical (unpaired) electrons. The lowest BCUT2D eigenvalue weighted by atomic mass is 10.0. The van der Waals surface area contributed by atoms with Gasteiger partial charge in [0.05, 0.1) is 14.2 Å². The van der Waals surface area contributed by atoms with Crippen molar-refractivity contribution in [3.63, 3.8) is 0 Å². The molecule has 2 saturated heterocycles. The largest absolute Gasteiger partial charge is 0.497 e. The maximum absolute atomic E-state index is 5.86. The van der Waals surface area contributed by atoms with Gasteiger partial charge in [-0.15, -0.1) is 0 Å². The molecule has 0 amide bonds. The van der Waals surface area contributed by atoms with Crippen molar-refractivity contribution in [3.05, 3.63) is 18.2 Å². The van der Waals surface area contributed by atoms with Crippen LogP contribution in [0.25, 0.3) is 0 Å². The molecule has 1 unspecified atom stereocenters. The summed E-state index contributed by atoms with van der Waals surface area (Å²) in [4.78, 5) is 7.11. The SMILES string of the molecule is CCNC(=NCCCOCC1CCOCC1)NC1CCN(c2cc(OC)cc(OC)c2)C1. The van der Waals surface area contributed by atoms with Crippen LogP contribution >= 0.6 is 0 Å². The zero-order chi connectivity index (χ0) is 22.6. The van der Waals surface area contributed by atoms with Gasteiger partial charge >= 0.3 is 0 Å². The zero-order valence-corrected chi connectivity index (χ0v) is 19.9. The molecule has 0 saturated carbocycles. The van der Waals surface area contributed by atoms with Gasteiger partial charge in [0.25, 0.3) is 0 Å². The molecule has 2 N–H and O–H groups in total. The molecule has 8 heteroatoms. The molecule has 3 rings (SSSR count). The Bertz CT molecular complexity index is 687. The number of hydrogen-bond acceptors (Lipinski definition) is 6. The number of rotatable bonds is 11. The third-order valence-electron chi connectivity index (χ3n) is 5.99. The van der Waals surface area contributed by atoms with Crippen LogP contribution in [0.1, 0.15) is 32.6 Å². The Morgan fingerprint density at radius 1 is 1.12 bits per heavy atom. The number of hydrogen-bond donors (Lipinski definition) is 2. The molecule has 1 aromatic rings. The van der Waals surface area contributed by atoms with Gasteiger partial charge in [-0.3, -0.25) is 4.99 Å². The third kappa shape index (κ3) is 7.74. The fraction of sp³-hybridized carbons (Fsp3) is 0.708. The van der Waals surface area contributed by atoms with Crippen LogP contribution in [0.15, 0.2) is 23.2 Å². The molecule has 0 aliphatic carbocycles. The van der Waals surface area contributed by atoms with Crippen molar-refractivity contribution in [1.29, 1.82) is 0 Å². The molecule has 0 spiro atoms. The molecule has 1 aromatic carbocycles. The summed E-state index contributed by atoms with van der Waals surface area (Å²) in [6, 6.07) is 6.36. The molecule has 2 aliphatic heterocycles. The standard InChI is InChI=1S/C24H40N4O4/c1-4-25-24(26-9-5-11-32-18-19-7-12-31-13-8-19)27-20-6-10-28(17-20)21-14-22(29-2)16-23(15-21)30-3/h14-16,19-20H,4-13,17-18H2,1-3H3,(H2,25,26,27). The van der Waals surface area contributed by atoms with Crippen molar-refractivity contribution in [2.45, 2.75) is 38.6 Å². The summed E-state index contributed by atoms with van der Waals surface area (Å²) in [5.74, 6) is 3.16. The number of nitrogens with zero attached hydrogens (tertiary/aromatic N) is 2. The van der Waals surface area contributed by atoms with E-state index in [1.165, 1.54) is 0 Å². The normalized spacial score (nSPS) is 19.8. The molecule has 2 aliphatic rings. The van der Waals surface area contributed by atoms with Crippen LogP contribution in [-0.4, -0.2) is 78.8 Å². The summed E-state index contributed by atoms with van der Waals surface area (Å²) in [5, 5.41) is 6.97. The fourth-order valence-corrected chi connectivity index (χ4v) is 4.12. The van der Waals surface area contributed by atoms with Gasteiger partial charge in [-0.05, 0) is 38.5 Å². The first-order valence-corrected chi connectivity index (χ1v) is 11.9. The van der Waals surface area contributed by atoms with E-state index in [0.717, 1.165) is 101 Å². The van der Waals surface area contributed by atoms with Crippen molar-refractivity contribution in [3.8, 4) is 11.5 Å². The number of aliphatic imine (C=N–C) groups is 1. The van der Waals surface area contributed by atoms with Crippen molar-refractivity contribution in [1.82, 2.24) is 10.6 Å². The summed E-state index contributed by atoms with van der Waals surface area (Å²) >= 11 is 0. The summed E-state index contributed by atoms with van der Waals surface area (Å²) in [7, 11) is 3.37. The van der Waals surface area contributed by atoms with Gasteiger partial charge < -0.3 is 34.5 Å². The molecule has 1 atom stereocenters. The number of ether oxygens (including phenoxy) is 4. The van der Waals surface area contributed by atoms with Gasteiger partial charge in [0.1, 0.15) is 11.5 Å². The Morgan fingerprint density at radius 3 is 2.56 bits per heavy atom. The van der Waals surface area contributed by atoms with Crippen molar-refractivity contribution in [2.75, 3.05) is 71.7 Å². The number of guanidine groups is 1. The van der Waals surface area contributed by atoms with Crippen molar-refractivity contribution >= 4 is 11.6 Å². The van der Waals surface area contributed by atoms with E-state index >= 15 is 0 Å². The molecule has 2 heterocycles. The van der Waals surface area contributed by atoms with Crippen LogP contribution in [0.5, 0.6) is 11.5 Å². The molecule has 0 aromatic heterocycles. The zero-order valence-electron chi connectivity index (χ0n) is 19.9. The predicted molar refractivity (Wildman–Crippen MR) is 128 cm³/mol. The van der Waals surface area contributed by atoms with Gasteiger partial charge in [-0.2, -0.15) is 0 Å². The van der Waals surface area contributed by atoms with Crippen LogP contribution in [0.3, 0.4) is 0 Å². The quantitative estimate of drug-likeness (QED) is 0.306. The van der Waals surface area contributed by atoms with Crippen molar-refractivity contribution < 1.29 is 18.9 Å². The summed E-state index contributed by atoms with van der Waals surface area (Å²) in [5.41, 5.74) is 1.12. The average molecular weight is 449 g/mol. The second-order valence-electron chi connectivity index (χ2n) is 8.39. The fourth-order valence-electron chi connectivity index (χ4n) is 4.12. The lowest BCUT2D eigenvalue weighted by Gasteiger charge is -2.22. The first kappa shape index (κ1) is 24.5. The summed E-state index contributed by atoms with van der Waals surface area (Å²) in [6.07, 6.45) is 4.22. The van der Waals surface area contributed by atoms with Gasteiger partial charge in [-0.25, -0.2) is 0 Å². The van der Waals surface area contributed by atoms with E-state index < -0.39 is 0 Å². The molecular weight excluding hydrogens is 408 g/mol. The molecular formula is C24H40N4O4. The Balaban J connectivity index is 1.42. The smallest absolute Gasteiger partial charge is 0.191 e. The molecule has 0 bridgehead atoms. The summed E-state index contributed by atoms with van der Waals surface area (Å²) < 4.78 is 22.1. The van der Waals surface area contributed by atoms with Crippen LogP contribution in [-0.2, 0) is 9.47 Å². The maximum Gasteiger partial charge on any atom is 0.191 e. The van der Waals surface area contributed by atoms with Crippen LogP contribution < -0.4 is 25.0 Å². The number of nitrogens with one attached hydrogen (secondary N) is 2. The Kier molecular flexibility index (Phi) is 10.2. The van der Waals surface area contributed by atoms with E-state index in [1.807, 2.05) is 6.07 Å². The first-order chi connectivity index (χ1) is 15.7. The Labute approximate surface area is 192 Å². The van der Waals surface area contributed by atoms with Gasteiger partial charge in [0.2, 0.25) is 0 Å². The molecule has 180 valence electrons. The predicted octanol–water partition coefficient (Wildman–Crippen LogP) is 2.67. The second-order valence-corrected chi connectivity index (χ2v) is 8.39. The Morgan fingerprint density at radius 2 is 1.88 bits per heavy atom. The number of methoxy groups -OCH3 is 2. The average Bonchev–Trinajstić information content (AvgIpc) is 3.30. The molecule has 32 heavy (non-hydrogen) atoms. The van der Waals surface area contributed by atoms with E-state index in [2.05, 4.69) is 34.6 Å². The van der Waals surface area contributed by atoms with E-state index in [9.17, 15) is 0 Å². The highest BCUT2D eigenvalue weighted by Gasteiger charge is 2.24. The van der Waals surface area contributed by atoms with E-state index in [4.69, 9.17) is 23.9 Å². The van der Waals surface area contributed by atoms with Crippen LogP contribution in [0.4, 0.5) is 5.69 Å². The maximum atomic E-state index is 5.86. The minimum atomic E-state index is 0.342. The van der Waals surface area contributed by atoms with Gasteiger partial charge in [0, 0.05) is 82.5 Å². The first-order valence-electron chi connectivity index (χ1n) is 11.9. The highest BCUT2D eigenvalue weighted by atomic mass is 16.5. The Hall–Kier alpha value is -2.19.